The molecular formula is C18H24FN3O4S. The van der Waals surface area contributed by atoms with Gasteiger partial charge in [0.15, 0.2) is 9.84 Å². The summed E-state index contributed by atoms with van der Waals surface area (Å²) in [4.78, 5) is 11.7. The monoisotopic (exact) mass is 397 g/mol. The Morgan fingerprint density at radius 1 is 1.44 bits per heavy atom. The first-order chi connectivity index (χ1) is 12.6. The first-order valence-electron chi connectivity index (χ1n) is 8.55. The van der Waals surface area contributed by atoms with Gasteiger partial charge in [-0.05, 0) is 23.6 Å². The normalized spacial score (nSPS) is 22.3. The number of carbonyl (C=O) groups is 1. The maximum atomic E-state index is 13.7. The zero-order chi connectivity index (χ0) is 20.4. The number of benzene rings is 1. The van der Waals surface area contributed by atoms with Crippen molar-refractivity contribution in [3.8, 4) is 11.8 Å². The number of likely N-dealkylation sites (tertiary alicyclic amines) is 1. The number of sulfone groups is 1. The van der Waals surface area contributed by atoms with E-state index in [1.165, 1.54) is 21.0 Å². The minimum atomic E-state index is -4.17. The van der Waals surface area contributed by atoms with Gasteiger partial charge in [0.05, 0.1) is 25.5 Å². The van der Waals surface area contributed by atoms with Gasteiger partial charge in [0.25, 0.3) is 5.91 Å². The summed E-state index contributed by atoms with van der Waals surface area (Å²) in [6.45, 7) is 2.71. The van der Waals surface area contributed by atoms with Crippen LogP contribution in [0.15, 0.2) is 24.3 Å². The van der Waals surface area contributed by atoms with Gasteiger partial charge in [0.2, 0.25) is 4.87 Å². The quantitative estimate of drug-likeness (QED) is 0.776. The number of ether oxygens (including phenoxy) is 1. The number of alkyl halides is 1. The van der Waals surface area contributed by atoms with Gasteiger partial charge in [0, 0.05) is 6.42 Å². The molecule has 1 aliphatic heterocycles. The van der Waals surface area contributed by atoms with Crippen molar-refractivity contribution < 1.29 is 22.3 Å². The number of amides is 1. The Bertz CT molecular complexity index is 835. The highest BCUT2D eigenvalue weighted by Gasteiger charge is 2.54. The van der Waals surface area contributed by atoms with Crippen LogP contribution in [0.1, 0.15) is 25.8 Å². The van der Waals surface area contributed by atoms with Gasteiger partial charge in [0.1, 0.15) is 18.0 Å². The van der Waals surface area contributed by atoms with E-state index >= 15 is 0 Å². The van der Waals surface area contributed by atoms with Crippen LogP contribution < -0.4 is 10.5 Å². The molecular weight excluding hydrogens is 373 g/mol. The van der Waals surface area contributed by atoms with E-state index in [0.29, 0.717) is 11.3 Å². The Morgan fingerprint density at radius 3 is 2.52 bits per heavy atom. The average Bonchev–Trinajstić information content (AvgIpc) is 3.01. The molecule has 0 spiro atoms. The number of nitriles is 1. The van der Waals surface area contributed by atoms with Crippen LogP contribution in [0.4, 0.5) is 4.39 Å². The Morgan fingerprint density at radius 2 is 2.04 bits per heavy atom. The second-order valence-electron chi connectivity index (χ2n) is 6.99. The standard InChI is InChI=1S/C18H24FN3O4S/c1-12(2)18(21,17(23)22-10-14(19)8-15(22)9-20)27(24,25)11-13-4-6-16(26-3)7-5-13/h4-7,12,14-15H,8,10-11,21H2,1-3H3/t14-,15-,18+/m0/s1. The predicted octanol–water partition coefficient (Wildman–Crippen LogP) is 1.38. The highest BCUT2D eigenvalue weighted by molar-refractivity contribution is 7.92. The molecule has 1 aromatic carbocycles. The van der Waals surface area contributed by atoms with Crippen molar-refractivity contribution in [2.75, 3.05) is 13.7 Å². The lowest BCUT2D eigenvalue weighted by Crippen LogP contribution is -2.64. The molecule has 0 radical (unpaired) electrons. The van der Waals surface area contributed by atoms with Crippen LogP contribution in [0.5, 0.6) is 5.75 Å². The predicted molar refractivity (Wildman–Crippen MR) is 98.0 cm³/mol. The molecule has 0 saturated carbocycles. The van der Waals surface area contributed by atoms with Crippen molar-refractivity contribution >= 4 is 15.7 Å². The molecule has 3 atom stereocenters. The maximum Gasteiger partial charge on any atom is 0.259 e. The lowest BCUT2D eigenvalue weighted by Gasteiger charge is -2.36. The minimum Gasteiger partial charge on any atom is -0.497 e. The Labute approximate surface area is 158 Å². The third-order valence-electron chi connectivity index (χ3n) is 4.88. The Balaban J connectivity index is 2.37. The summed E-state index contributed by atoms with van der Waals surface area (Å²) in [6.07, 6.45) is -1.52. The lowest BCUT2D eigenvalue weighted by molar-refractivity contribution is -0.135. The summed E-state index contributed by atoms with van der Waals surface area (Å²) in [6, 6.07) is 7.20. The summed E-state index contributed by atoms with van der Waals surface area (Å²) in [7, 11) is -2.67. The summed E-state index contributed by atoms with van der Waals surface area (Å²) in [5.74, 6) is -1.59. The number of nitrogens with two attached hydrogens (primary N) is 1. The molecule has 0 unspecified atom stereocenters. The molecule has 1 aliphatic rings. The summed E-state index contributed by atoms with van der Waals surface area (Å²) in [5, 5.41) is 9.18. The number of carbonyl (C=O) groups excluding carboxylic acids is 1. The van der Waals surface area contributed by atoms with E-state index in [0.717, 1.165) is 4.90 Å². The van der Waals surface area contributed by atoms with Crippen LogP contribution in [0.3, 0.4) is 0 Å². The largest absolute Gasteiger partial charge is 0.497 e. The fraction of sp³-hybridized carbons (Fsp3) is 0.556. The third-order valence-corrected chi connectivity index (χ3v) is 7.27. The lowest BCUT2D eigenvalue weighted by atomic mass is 10.0. The zero-order valence-electron chi connectivity index (χ0n) is 15.6. The molecule has 1 amide bonds. The first kappa shape index (κ1) is 21.1. The Hall–Kier alpha value is -2.18. The molecule has 148 valence electrons. The number of methoxy groups -OCH3 is 1. The molecule has 2 rings (SSSR count). The zero-order valence-corrected chi connectivity index (χ0v) is 16.4. The molecule has 0 aromatic heterocycles. The van der Waals surface area contributed by atoms with Crippen molar-refractivity contribution in [2.24, 2.45) is 11.7 Å². The van der Waals surface area contributed by atoms with E-state index in [1.54, 1.807) is 24.3 Å². The van der Waals surface area contributed by atoms with Crippen molar-refractivity contribution in [3.05, 3.63) is 29.8 Å². The summed E-state index contributed by atoms with van der Waals surface area (Å²) < 4.78 is 45.0. The van der Waals surface area contributed by atoms with Crippen LogP contribution in [-0.4, -0.2) is 50.0 Å². The van der Waals surface area contributed by atoms with Gasteiger partial charge < -0.3 is 15.4 Å². The summed E-state index contributed by atoms with van der Waals surface area (Å²) in [5.41, 5.74) is 6.62. The van der Waals surface area contributed by atoms with Gasteiger partial charge in [-0.1, -0.05) is 26.0 Å². The topological polar surface area (TPSA) is 113 Å². The molecule has 0 aliphatic carbocycles. The SMILES string of the molecule is COc1ccc(CS(=O)(=O)[C@@](N)(C(=O)N2C[C@@H](F)C[C@H]2C#N)C(C)C)cc1. The van der Waals surface area contributed by atoms with Crippen LogP contribution in [0.25, 0.3) is 0 Å². The molecule has 1 aromatic rings. The number of nitrogens with zero attached hydrogens (tertiary/aromatic N) is 2. The van der Waals surface area contributed by atoms with E-state index in [4.69, 9.17) is 10.5 Å². The van der Waals surface area contributed by atoms with E-state index < -0.39 is 44.5 Å². The maximum absolute atomic E-state index is 13.7. The molecule has 7 nitrogen and oxygen atoms in total. The first-order valence-corrected chi connectivity index (χ1v) is 10.2. The fourth-order valence-electron chi connectivity index (χ4n) is 3.16. The van der Waals surface area contributed by atoms with Gasteiger partial charge in [-0.15, -0.1) is 0 Å². The molecule has 1 heterocycles. The average molecular weight is 397 g/mol. The molecule has 1 fully saturated rings. The summed E-state index contributed by atoms with van der Waals surface area (Å²) >= 11 is 0. The van der Waals surface area contributed by atoms with Crippen LogP contribution in [0.2, 0.25) is 0 Å². The molecule has 0 bridgehead atoms. The third kappa shape index (κ3) is 3.92. The van der Waals surface area contributed by atoms with Crippen molar-refractivity contribution in [2.45, 2.75) is 43.1 Å². The molecule has 2 N–H and O–H groups in total. The van der Waals surface area contributed by atoms with Crippen LogP contribution >= 0.6 is 0 Å². The second-order valence-corrected chi connectivity index (χ2v) is 9.18. The molecule has 1 saturated heterocycles. The van der Waals surface area contributed by atoms with Crippen molar-refractivity contribution in [3.63, 3.8) is 0 Å². The van der Waals surface area contributed by atoms with Gasteiger partial charge in [-0.25, -0.2) is 12.8 Å². The van der Waals surface area contributed by atoms with E-state index in [9.17, 15) is 22.9 Å². The number of hydrogen-bond donors (Lipinski definition) is 1. The molecule has 27 heavy (non-hydrogen) atoms. The second kappa shape index (κ2) is 7.82. The van der Waals surface area contributed by atoms with E-state index in [1.807, 2.05) is 6.07 Å². The number of rotatable bonds is 6. The smallest absolute Gasteiger partial charge is 0.259 e. The Kier molecular flexibility index (Phi) is 6.12. The fourth-order valence-corrected chi connectivity index (χ4v) is 5.13. The minimum absolute atomic E-state index is 0.144. The number of hydrogen-bond acceptors (Lipinski definition) is 6. The van der Waals surface area contributed by atoms with E-state index in [-0.39, 0.29) is 13.0 Å². The van der Waals surface area contributed by atoms with Crippen molar-refractivity contribution in [1.29, 1.82) is 5.26 Å². The van der Waals surface area contributed by atoms with Gasteiger partial charge >= 0.3 is 0 Å². The van der Waals surface area contributed by atoms with E-state index in [2.05, 4.69) is 0 Å². The van der Waals surface area contributed by atoms with Gasteiger partial charge in [-0.3, -0.25) is 4.79 Å². The number of halogens is 1. The highest BCUT2D eigenvalue weighted by atomic mass is 32.2. The highest BCUT2D eigenvalue weighted by Crippen LogP contribution is 2.31. The van der Waals surface area contributed by atoms with Crippen molar-refractivity contribution in [1.82, 2.24) is 4.90 Å². The molecule has 9 heteroatoms. The van der Waals surface area contributed by atoms with Crippen LogP contribution in [-0.2, 0) is 20.4 Å². The van der Waals surface area contributed by atoms with Gasteiger partial charge in [-0.2, -0.15) is 5.26 Å². The van der Waals surface area contributed by atoms with Crippen LogP contribution in [0, 0.1) is 17.2 Å².